The summed E-state index contributed by atoms with van der Waals surface area (Å²) in [6.45, 7) is 7.28. The van der Waals surface area contributed by atoms with Gasteiger partial charge < -0.3 is 24.2 Å². The third-order valence-corrected chi connectivity index (χ3v) is 7.53. The Morgan fingerprint density at radius 2 is 1.80 bits per heavy atom. The molecule has 0 unspecified atom stereocenters. The number of ether oxygens (including phenoxy) is 3. The standard InChI is InChI=1S/C34H37NO6/c1-4-6-18-40-28-15-12-24(21-29(28)39-5-2)31-30(32(36)25-13-14-27-26(20-25)19-22(3)41-27)33(37)34(38)35(31)17-16-23-10-8-7-9-11-23/h7-15,20-22,31,36H,4-6,16-19H2,1-3H3/t22-,31+/m1/s1. The van der Waals surface area contributed by atoms with E-state index in [1.165, 1.54) is 0 Å². The van der Waals surface area contributed by atoms with Crippen LogP contribution in [0.15, 0.2) is 72.3 Å². The van der Waals surface area contributed by atoms with E-state index in [4.69, 9.17) is 14.2 Å². The van der Waals surface area contributed by atoms with Gasteiger partial charge in [0.15, 0.2) is 11.5 Å². The van der Waals surface area contributed by atoms with E-state index in [1.807, 2.05) is 74.5 Å². The van der Waals surface area contributed by atoms with Gasteiger partial charge in [0.1, 0.15) is 17.6 Å². The molecule has 0 bridgehead atoms. The number of nitrogens with zero attached hydrogens (tertiary/aromatic N) is 1. The number of amides is 1. The second-order valence-electron chi connectivity index (χ2n) is 10.5. The van der Waals surface area contributed by atoms with Crippen LogP contribution in [-0.2, 0) is 22.4 Å². The lowest BCUT2D eigenvalue weighted by molar-refractivity contribution is -0.139. The summed E-state index contributed by atoms with van der Waals surface area (Å²) in [5.41, 5.74) is 3.23. The van der Waals surface area contributed by atoms with E-state index >= 15 is 0 Å². The average molecular weight is 556 g/mol. The van der Waals surface area contributed by atoms with Crippen LogP contribution >= 0.6 is 0 Å². The Labute approximate surface area is 241 Å². The van der Waals surface area contributed by atoms with Gasteiger partial charge in [0.25, 0.3) is 11.7 Å². The lowest BCUT2D eigenvalue weighted by Gasteiger charge is -2.26. The van der Waals surface area contributed by atoms with Gasteiger partial charge in [0.05, 0.1) is 24.8 Å². The number of ketones is 1. The zero-order valence-corrected chi connectivity index (χ0v) is 23.9. The van der Waals surface area contributed by atoms with E-state index in [2.05, 4.69) is 6.92 Å². The number of rotatable bonds is 11. The van der Waals surface area contributed by atoms with Gasteiger partial charge in [-0.1, -0.05) is 49.7 Å². The van der Waals surface area contributed by atoms with Crippen molar-refractivity contribution in [3.05, 3.63) is 94.6 Å². The van der Waals surface area contributed by atoms with Crippen LogP contribution in [0.4, 0.5) is 0 Å². The van der Waals surface area contributed by atoms with Crippen LogP contribution in [0.3, 0.4) is 0 Å². The Kier molecular flexibility index (Phi) is 8.62. The number of carbonyl (C=O) groups is 2. The first-order valence-electron chi connectivity index (χ1n) is 14.4. The predicted molar refractivity (Wildman–Crippen MR) is 157 cm³/mol. The van der Waals surface area contributed by atoms with Crippen molar-refractivity contribution in [2.45, 2.75) is 58.6 Å². The minimum atomic E-state index is -0.786. The molecule has 1 N–H and O–H groups in total. The molecule has 0 saturated carbocycles. The molecule has 5 rings (SSSR count). The number of benzene rings is 3. The Hall–Kier alpha value is -4.26. The van der Waals surface area contributed by atoms with Crippen molar-refractivity contribution in [1.29, 1.82) is 0 Å². The summed E-state index contributed by atoms with van der Waals surface area (Å²) in [6.07, 6.45) is 3.24. The third-order valence-electron chi connectivity index (χ3n) is 7.53. The quantitative estimate of drug-likeness (QED) is 0.130. The highest BCUT2D eigenvalue weighted by Gasteiger charge is 2.46. The fourth-order valence-electron chi connectivity index (χ4n) is 5.49. The highest BCUT2D eigenvalue weighted by molar-refractivity contribution is 6.46. The molecule has 1 amide bonds. The number of fused-ring (bicyclic) bond motifs is 1. The second-order valence-corrected chi connectivity index (χ2v) is 10.5. The summed E-state index contributed by atoms with van der Waals surface area (Å²) in [5, 5.41) is 11.6. The maximum atomic E-state index is 13.6. The summed E-state index contributed by atoms with van der Waals surface area (Å²) in [6, 6.07) is 19.9. The minimum absolute atomic E-state index is 0.0426. The van der Waals surface area contributed by atoms with Crippen molar-refractivity contribution in [2.24, 2.45) is 0 Å². The monoisotopic (exact) mass is 555 g/mol. The molecule has 214 valence electrons. The molecule has 1 saturated heterocycles. The first-order valence-corrected chi connectivity index (χ1v) is 14.4. The molecule has 2 atom stereocenters. The van der Waals surface area contributed by atoms with Crippen molar-refractivity contribution in [3.63, 3.8) is 0 Å². The maximum Gasteiger partial charge on any atom is 0.295 e. The number of likely N-dealkylation sites (tertiary alicyclic amines) is 1. The Morgan fingerprint density at radius 3 is 2.56 bits per heavy atom. The summed E-state index contributed by atoms with van der Waals surface area (Å²) in [7, 11) is 0. The Balaban J connectivity index is 1.58. The molecule has 3 aromatic rings. The van der Waals surface area contributed by atoms with Crippen molar-refractivity contribution in [2.75, 3.05) is 19.8 Å². The van der Waals surface area contributed by atoms with Gasteiger partial charge in [0.2, 0.25) is 0 Å². The first kappa shape index (κ1) is 28.3. The predicted octanol–water partition coefficient (Wildman–Crippen LogP) is 6.25. The van der Waals surface area contributed by atoms with Crippen LogP contribution in [0.25, 0.3) is 5.76 Å². The molecular formula is C34H37NO6. The number of Topliss-reactive ketones (excluding diaryl/α,β-unsaturated/α-hetero) is 1. The van der Waals surface area contributed by atoms with Crippen molar-refractivity contribution < 1.29 is 28.9 Å². The topological polar surface area (TPSA) is 85.3 Å². The number of carbonyl (C=O) groups excluding carboxylic acids is 2. The average Bonchev–Trinajstić information content (AvgIpc) is 3.48. The molecular weight excluding hydrogens is 518 g/mol. The fourth-order valence-corrected chi connectivity index (χ4v) is 5.49. The minimum Gasteiger partial charge on any atom is -0.507 e. The summed E-state index contributed by atoms with van der Waals surface area (Å²) >= 11 is 0. The van der Waals surface area contributed by atoms with Gasteiger partial charge in [-0.25, -0.2) is 0 Å². The molecule has 0 radical (unpaired) electrons. The summed E-state index contributed by atoms with van der Waals surface area (Å²) in [5.74, 6) is 0.392. The van der Waals surface area contributed by atoms with E-state index in [0.717, 1.165) is 29.7 Å². The Bertz CT molecular complexity index is 1450. The van der Waals surface area contributed by atoms with E-state index in [0.29, 0.717) is 55.2 Å². The summed E-state index contributed by atoms with van der Waals surface area (Å²) in [4.78, 5) is 28.6. The molecule has 0 spiro atoms. The lowest BCUT2D eigenvalue weighted by atomic mass is 9.94. The van der Waals surface area contributed by atoms with E-state index in [-0.39, 0.29) is 17.4 Å². The fraction of sp³-hybridized carbons (Fsp3) is 0.353. The molecule has 2 aliphatic rings. The molecule has 1 fully saturated rings. The highest BCUT2D eigenvalue weighted by atomic mass is 16.5. The lowest BCUT2D eigenvalue weighted by Crippen LogP contribution is -2.31. The maximum absolute atomic E-state index is 13.6. The zero-order chi connectivity index (χ0) is 28.9. The van der Waals surface area contributed by atoms with Gasteiger partial charge in [-0.15, -0.1) is 0 Å². The zero-order valence-electron chi connectivity index (χ0n) is 23.9. The van der Waals surface area contributed by atoms with E-state index < -0.39 is 17.7 Å². The van der Waals surface area contributed by atoms with Crippen LogP contribution in [0.1, 0.15) is 61.9 Å². The highest BCUT2D eigenvalue weighted by Crippen LogP contribution is 2.43. The molecule has 3 aromatic carbocycles. The van der Waals surface area contributed by atoms with Crippen LogP contribution in [-0.4, -0.2) is 47.6 Å². The van der Waals surface area contributed by atoms with Gasteiger partial charge >= 0.3 is 0 Å². The number of hydrogen-bond donors (Lipinski definition) is 1. The molecule has 2 heterocycles. The first-order chi connectivity index (χ1) is 19.9. The number of unbranched alkanes of at least 4 members (excludes halogenated alkanes) is 1. The number of aliphatic hydroxyl groups is 1. The second kappa shape index (κ2) is 12.5. The van der Waals surface area contributed by atoms with Crippen molar-refractivity contribution in [1.82, 2.24) is 4.90 Å². The van der Waals surface area contributed by atoms with Crippen LogP contribution in [0.2, 0.25) is 0 Å². The number of hydrogen-bond acceptors (Lipinski definition) is 6. The molecule has 7 heteroatoms. The smallest absolute Gasteiger partial charge is 0.295 e. The molecule has 41 heavy (non-hydrogen) atoms. The van der Waals surface area contributed by atoms with Crippen molar-refractivity contribution in [3.8, 4) is 17.2 Å². The SMILES string of the molecule is CCCCOc1ccc([C@H]2C(=C(O)c3ccc4c(c3)C[C@@H](C)O4)C(=O)C(=O)N2CCc2ccccc2)cc1OCC. The van der Waals surface area contributed by atoms with E-state index in [1.54, 1.807) is 11.0 Å². The van der Waals surface area contributed by atoms with Gasteiger partial charge in [-0.05, 0) is 73.7 Å². The summed E-state index contributed by atoms with van der Waals surface area (Å²) < 4.78 is 17.7. The Morgan fingerprint density at radius 1 is 1.00 bits per heavy atom. The molecule has 2 aliphatic heterocycles. The largest absolute Gasteiger partial charge is 0.507 e. The van der Waals surface area contributed by atoms with Crippen LogP contribution < -0.4 is 14.2 Å². The van der Waals surface area contributed by atoms with Crippen LogP contribution in [0, 0.1) is 0 Å². The number of aliphatic hydroxyl groups excluding tert-OH is 1. The third kappa shape index (κ3) is 5.94. The van der Waals surface area contributed by atoms with Gasteiger partial charge in [-0.3, -0.25) is 9.59 Å². The van der Waals surface area contributed by atoms with Gasteiger partial charge in [-0.2, -0.15) is 0 Å². The van der Waals surface area contributed by atoms with Crippen LogP contribution in [0.5, 0.6) is 17.2 Å². The van der Waals surface area contributed by atoms with Crippen molar-refractivity contribution >= 4 is 17.4 Å². The normalized spacial score (nSPS) is 19.2. The van der Waals surface area contributed by atoms with Gasteiger partial charge in [0, 0.05) is 18.5 Å². The van der Waals surface area contributed by atoms with E-state index in [9.17, 15) is 14.7 Å². The molecule has 0 aromatic heterocycles. The molecule has 7 nitrogen and oxygen atoms in total. The molecule has 0 aliphatic carbocycles.